The van der Waals surface area contributed by atoms with Crippen molar-refractivity contribution in [2.75, 3.05) is 62.6 Å². The van der Waals surface area contributed by atoms with Crippen LogP contribution in [0, 0.1) is 0 Å². The van der Waals surface area contributed by atoms with Gasteiger partial charge in [0.15, 0.2) is 0 Å². The Morgan fingerprint density at radius 3 is 2.38 bits per heavy atom. The molecule has 1 aromatic rings. The van der Waals surface area contributed by atoms with Gasteiger partial charge in [0.2, 0.25) is 0 Å². The minimum atomic E-state index is -3.48. The average molecular weight is 356 g/mol. The van der Waals surface area contributed by atoms with E-state index in [1.165, 1.54) is 0 Å². The van der Waals surface area contributed by atoms with Gasteiger partial charge in [-0.25, -0.2) is 0 Å². The number of nitrogens with zero attached hydrogens (tertiary/aromatic N) is 2. The standard InChI is InChI=1S/C16H28N4O3S/c1-3-8-17-24(21,22)18-15-4-6-16(7-5-15)20-11-9-19(10-12-20)13-14-23-2/h4-7,17-18H,3,8-14H2,1-2H3. The summed E-state index contributed by atoms with van der Waals surface area (Å²) in [5.41, 5.74) is 1.69. The van der Waals surface area contributed by atoms with Crippen molar-refractivity contribution in [3.8, 4) is 0 Å². The first-order valence-electron chi connectivity index (χ1n) is 8.38. The normalized spacial score (nSPS) is 16.3. The highest BCUT2D eigenvalue weighted by Crippen LogP contribution is 2.20. The fourth-order valence-electron chi connectivity index (χ4n) is 2.62. The monoisotopic (exact) mass is 356 g/mol. The summed E-state index contributed by atoms with van der Waals surface area (Å²) in [7, 11) is -1.76. The van der Waals surface area contributed by atoms with Crippen LogP contribution in [-0.4, -0.2) is 66.3 Å². The van der Waals surface area contributed by atoms with E-state index >= 15 is 0 Å². The van der Waals surface area contributed by atoms with Crippen LogP contribution < -0.4 is 14.3 Å². The van der Waals surface area contributed by atoms with Crippen LogP contribution in [0.25, 0.3) is 0 Å². The van der Waals surface area contributed by atoms with E-state index in [4.69, 9.17) is 4.74 Å². The Hall–Kier alpha value is -1.35. The predicted octanol–water partition coefficient (Wildman–Crippen LogP) is 1.11. The number of ether oxygens (including phenoxy) is 1. The van der Waals surface area contributed by atoms with Gasteiger partial charge in [0.1, 0.15) is 0 Å². The van der Waals surface area contributed by atoms with Gasteiger partial charge in [-0.15, -0.1) is 0 Å². The van der Waals surface area contributed by atoms with E-state index in [1.54, 1.807) is 19.2 Å². The Morgan fingerprint density at radius 1 is 1.12 bits per heavy atom. The highest BCUT2D eigenvalue weighted by Gasteiger charge is 2.17. The van der Waals surface area contributed by atoms with Crippen LogP contribution in [0.3, 0.4) is 0 Å². The molecule has 0 aromatic heterocycles. The maximum absolute atomic E-state index is 11.8. The Kier molecular flexibility index (Phi) is 7.29. The molecule has 0 bridgehead atoms. The molecule has 0 spiro atoms. The molecule has 1 aromatic carbocycles. The minimum Gasteiger partial charge on any atom is -0.383 e. The van der Waals surface area contributed by atoms with Gasteiger partial charge in [0.05, 0.1) is 6.61 Å². The first-order valence-corrected chi connectivity index (χ1v) is 9.86. The van der Waals surface area contributed by atoms with E-state index in [1.807, 2.05) is 19.1 Å². The molecule has 0 atom stereocenters. The molecular weight excluding hydrogens is 328 g/mol. The molecule has 0 saturated carbocycles. The summed E-state index contributed by atoms with van der Waals surface area (Å²) < 4.78 is 33.8. The molecule has 1 fully saturated rings. The van der Waals surface area contributed by atoms with Crippen molar-refractivity contribution in [3.05, 3.63) is 24.3 Å². The second-order valence-corrected chi connectivity index (χ2v) is 7.37. The number of rotatable bonds is 9. The molecule has 24 heavy (non-hydrogen) atoms. The first-order chi connectivity index (χ1) is 11.5. The second kappa shape index (κ2) is 9.22. The molecule has 2 N–H and O–H groups in total. The molecule has 0 unspecified atom stereocenters. The van der Waals surface area contributed by atoms with E-state index in [0.29, 0.717) is 12.2 Å². The molecule has 1 aliphatic rings. The Labute approximate surface area is 145 Å². The molecule has 7 nitrogen and oxygen atoms in total. The van der Waals surface area contributed by atoms with Crippen molar-refractivity contribution in [2.45, 2.75) is 13.3 Å². The molecule has 1 saturated heterocycles. The SMILES string of the molecule is CCCNS(=O)(=O)Nc1ccc(N2CCN(CCOC)CC2)cc1. The van der Waals surface area contributed by atoms with Crippen LogP contribution in [0.4, 0.5) is 11.4 Å². The third kappa shape index (κ3) is 5.94. The van der Waals surface area contributed by atoms with Crippen LogP contribution in [0.15, 0.2) is 24.3 Å². The van der Waals surface area contributed by atoms with E-state index in [2.05, 4.69) is 19.2 Å². The summed E-state index contributed by atoms with van der Waals surface area (Å²) in [5, 5.41) is 0. The maximum Gasteiger partial charge on any atom is 0.299 e. The number of methoxy groups -OCH3 is 1. The van der Waals surface area contributed by atoms with Crippen LogP contribution in [0.1, 0.15) is 13.3 Å². The molecular formula is C16H28N4O3S. The third-order valence-electron chi connectivity index (χ3n) is 4.01. The molecule has 0 aliphatic carbocycles. The lowest BCUT2D eigenvalue weighted by Gasteiger charge is -2.36. The molecule has 8 heteroatoms. The van der Waals surface area contributed by atoms with Crippen molar-refractivity contribution in [2.24, 2.45) is 0 Å². The van der Waals surface area contributed by atoms with Gasteiger partial charge in [0, 0.05) is 57.8 Å². The van der Waals surface area contributed by atoms with Crippen LogP contribution in [0.5, 0.6) is 0 Å². The number of hydrogen-bond acceptors (Lipinski definition) is 5. The van der Waals surface area contributed by atoms with E-state index in [-0.39, 0.29) is 0 Å². The molecule has 2 rings (SSSR count). The molecule has 0 radical (unpaired) electrons. The summed E-state index contributed by atoms with van der Waals surface area (Å²) in [6.45, 7) is 8.04. The van der Waals surface area contributed by atoms with Crippen LogP contribution in [-0.2, 0) is 14.9 Å². The maximum atomic E-state index is 11.8. The van der Waals surface area contributed by atoms with Crippen molar-refractivity contribution >= 4 is 21.6 Å². The predicted molar refractivity (Wildman–Crippen MR) is 97.8 cm³/mol. The highest BCUT2D eigenvalue weighted by atomic mass is 32.2. The average Bonchev–Trinajstić information content (AvgIpc) is 2.59. The molecule has 0 amide bonds. The molecule has 136 valence electrons. The summed E-state index contributed by atoms with van der Waals surface area (Å²) in [6.07, 6.45) is 0.760. The summed E-state index contributed by atoms with van der Waals surface area (Å²) in [5.74, 6) is 0. The second-order valence-electron chi connectivity index (χ2n) is 5.87. The van der Waals surface area contributed by atoms with E-state index < -0.39 is 10.2 Å². The Morgan fingerprint density at radius 2 is 1.79 bits per heavy atom. The zero-order valence-corrected chi connectivity index (χ0v) is 15.3. The highest BCUT2D eigenvalue weighted by molar-refractivity contribution is 7.90. The minimum absolute atomic E-state index is 0.431. The van der Waals surface area contributed by atoms with Gasteiger partial charge in [0.25, 0.3) is 10.2 Å². The smallest absolute Gasteiger partial charge is 0.299 e. The fourth-order valence-corrected chi connectivity index (χ4v) is 3.61. The summed E-state index contributed by atoms with van der Waals surface area (Å²) in [4.78, 5) is 4.71. The first kappa shape index (κ1) is 19.0. The van der Waals surface area contributed by atoms with Gasteiger partial charge >= 0.3 is 0 Å². The van der Waals surface area contributed by atoms with Crippen LogP contribution >= 0.6 is 0 Å². The Balaban J connectivity index is 1.86. The lowest BCUT2D eigenvalue weighted by atomic mass is 10.2. The lowest BCUT2D eigenvalue weighted by Crippen LogP contribution is -2.47. The lowest BCUT2D eigenvalue weighted by molar-refractivity contribution is 0.144. The van der Waals surface area contributed by atoms with Crippen LogP contribution in [0.2, 0.25) is 0 Å². The largest absolute Gasteiger partial charge is 0.383 e. The summed E-state index contributed by atoms with van der Waals surface area (Å²) in [6, 6.07) is 7.53. The summed E-state index contributed by atoms with van der Waals surface area (Å²) >= 11 is 0. The van der Waals surface area contributed by atoms with Crippen molar-refractivity contribution in [1.29, 1.82) is 0 Å². The molecule has 1 heterocycles. The molecule has 1 aliphatic heterocycles. The van der Waals surface area contributed by atoms with Crippen molar-refractivity contribution in [1.82, 2.24) is 9.62 Å². The number of hydrogen-bond donors (Lipinski definition) is 2. The Bertz CT molecular complexity index is 584. The van der Waals surface area contributed by atoms with E-state index in [9.17, 15) is 8.42 Å². The third-order valence-corrected chi connectivity index (χ3v) is 5.10. The number of anilines is 2. The van der Waals surface area contributed by atoms with Crippen molar-refractivity contribution in [3.63, 3.8) is 0 Å². The van der Waals surface area contributed by atoms with Gasteiger partial charge in [-0.1, -0.05) is 6.92 Å². The number of piperazine rings is 1. The zero-order chi connectivity index (χ0) is 17.4. The van der Waals surface area contributed by atoms with Gasteiger partial charge < -0.3 is 9.64 Å². The van der Waals surface area contributed by atoms with E-state index in [0.717, 1.165) is 51.4 Å². The zero-order valence-electron chi connectivity index (χ0n) is 14.5. The topological polar surface area (TPSA) is 73.9 Å². The quantitative estimate of drug-likeness (QED) is 0.693. The van der Waals surface area contributed by atoms with Gasteiger partial charge in [-0.2, -0.15) is 13.1 Å². The van der Waals surface area contributed by atoms with Gasteiger partial charge in [-0.3, -0.25) is 9.62 Å². The fraction of sp³-hybridized carbons (Fsp3) is 0.625. The number of benzene rings is 1. The number of nitrogens with one attached hydrogen (secondary N) is 2. The van der Waals surface area contributed by atoms with Crippen molar-refractivity contribution < 1.29 is 13.2 Å². The van der Waals surface area contributed by atoms with Gasteiger partial charge in [-0.05, 0) is 30.7 Å².